The van der Waals surface area contributed by atoms with Crippen molar-refractivity contribution < 1.29 is 9.59 Å². The monoisotopic (exact) mass is 279 g/mol. The lowest BCUT2D eigenvalue weighted by Gasteiger charge is -2.15. The van der Waals surface area contributed by atoms with Crippen molar-refractivity contribution in [2.45, 2.75) is 19.8 Å². The van der Waals surface area contributed by atoms with Crippen LogP contribution >= 0.6 is 11.6 Å². The summed E-state index contributed by atoms with van der Waals surface area (Å²) in [7, 11) is 0. The summed E-state index contributed by atoms with van der Waals surface area (Å²) in [5, 5.41) is 4.66. The van der Waals surface area contributed by atoms with Crippen LogP contribution in [0.15, 0.2) is 29.4 Å². The average molecular weight is 280 g/mol. The van der Waals surface area contributed by atoms with Crippen molar-refractivity contribution in [3.63, 3.8) is 0 Å². The molecule has 19 heavy (non-hydrogen) atoms. The SMILES string of the molecule is CC(=O)/C(=N\Nc1ccc(Cl)cc1)N1CCCC1=O. The number of likely N-dealkylation sites (tertiary alicyclic amines) is 1. The van der Waals surface area contributed by atoms with E-state index in [9.17, 15) is 9.59 Å². The summed E-state index contributed by atoms with van der Waals surface area (Å²) in [5.74, 6) is -0.152. The van der Waals surface area contributed by atoms with Gasteiger partial charge in [0.25, 0.3) is 0 Å². The van der Waals surface area contributed by atoms with E-state index in [0.29, 0.717) is 23.7 Å². The summed E-state index contributed by atoms with van der Waals surface area (Å²) in [4.78, 5) is 24.6. The van der Waals surface area contributed by atoms with Gasteiger partial charge in [0.2, 0.25) is 5.91 Å². The number of rotatable bonds is 3. The molecule has 1 N–H and O–H groups in total. The third-order valence-electron chi connectivity index (χ3n) is 2.78. The first kappa shape index (κ1) is 13.5. The number of carbonyl (C=O) groups excluding carboxylic acids is 2. The average Bonchev–Trinajstić information content (AvgIpc) is 2.78. The highest BCUT2D eigenvalue weighted by atomic mass is 35.5. The molecule has 1 saturated heterocycles. The van der Waals surface area contributed by atoms with Gasteiger partial charge in [-0.05, 0) is 30.7 Å². The number of ketones is 1. The molecule has 100 valence electrons. The number of Topliss-reactive ketones (excluding diaryl/α,β-unsaturated/α-hetero) is 1. The van der Waals surface area contributed by atoms with Crippen LogP contribution in [0.4, 0.5) is 5.69 Å². The van der Waals surface area contributed by atoms with E-state index >= 15 is 0 Å². The van der Waals surface area contributed by atoms with Crippen LogP contribution in [0.5, 0.6) is 0 Å². The molecule has 0 bridgehead atoms. The van der Waals surface area contributed by atoms with E-state index in [2.05, 4.69) is 10.5 Å². The van der Waals surface area contributed by atoms with Gasteiger partial charge in [-0.25, -0.2) is 0 Å². The minimum atomic E-state index is -0.239. The molecule has 0 unspecified atom stereocenters. The van der Waals surface area contributed by atoms with E-state index in [1.807, 2.05) is 0 Å². The van der Waals surface area contributed by atoms with Gasteiger partial charge in [0.15, 0.2) is 11.6 Å². The van der Waals surface area contributed by atoms with Crippen molar-refractivity contribution in [1.29, 1.82) is 0 Å². The van der Waals surface area contributed by atoms with Gasteiger partial charge in [-0.15, -0.1) is 0 Å². The number of halogens is 1. The Bertz CT molecular complexity index is 525. The van der Waals surface area contributed by atoms with Gasteiger partial charge in [-0.1, -0.05) is 11.6 Å². The van der Waals surface area contributed by atoms with Crippen LogP contribution in [-0.4, -0.2) is 29.0 Å². The largest absolute Gasteiger partial charge is 0.292 e. The summed E-state index contributed by atoms with van der Waals surface area (Å²) in [6.45, 7) is 1.94. The number of anilines is 1. The molecule has 5 nitrogen and oxygen atoms in total. The quantitative estimate of drug-likeness (QED) is 0.524. The highest BCUT2D eigenvalue weighted by Crippen LogP contribution is 2.15. The van der Waals surface area contributed by atoms with Crippen molar-refractivity contribution in [1.82, 2.24) is 4.90 Å². The lowest BCUT2D eigenvalue weighted by atomic mass is 10.3. The molecule has 0 aromatic heterocycles. The zero-order valence-electron chi connectivity index (χ0n) is 10.5. The molecule has 0 radical (unpaired) electrons. The number of amides is 1. The van der Waals surface area contributed by atoms with E-state index in [1.54, 1.807) is 24.3 Å². The molecule has 1 heterocycles. The summed E-state index contributed by atoms with van der Waals surface area (Å²) in [6.07, 6.45) is 1.22. The Balaban J connectivity index is 2.15. The standard InChI is InChI=1S/C13H14ClN3O2/c1-9(18)13(17-8-2-3-12(17)19)16-15-11-6-4-10(14)5-7-11/h4-7,15H,2-3,8H2,1H3/b16-13+. The number of hydrazone groups is 1. The summed E-state index contributed by atoms with van der Waals surface area (Å²) in [6, 6.07) is 6.92. The Labute approximate surface area is 116 Å². The maximum atomic E-state index is 11.6. The van der Waals surface area contributed by atoms with Crippen LogP contribution in [0, 0.1) is 0 Å². The van der Waals surface area contributed by atoms with Crippen molar-refractivity contribution >= 4 is 34.8 Å². The summed E-state index contributed by atoms with van der Waals surface area (Å²) < 4.78 is 0. The normalized spacial score (nSPS) is 15.8. The Morgan fingerprint density at radius 1 is 1.37 bits per heavy atom. The minimum Gasteiger partial charge on any atom is -0.292 e. The molecule has 1 aromatic carbocycles. The molecule has 1 fully saturated rings. The molecule has 2 rings (SSSR count). The van der Waals surface area contributed by atoms with Crippen LogP contribution < -0.4 is 5.43 Å². The fraction of sp³-hybridized carbons (Fsp3) is 0.308. The number of nitrogens with one attached hydrogen (secondary N) is 1. The van der Waals surface area contributed by atoms with E-state index in [0.717, 1.165) is 6.42 Å². The first-order chi connectivity index (χ1) is 9.08. The number of nitrogens with zero attached hydrogens (tertiary/aromatic N) is 2. The molecule has 6 heteroatoms. The molecule has 0 saturated carbocycles. The third-order valence-corrected chi connectivity index (χ3v) is 3.03. The van der Waals surface area contributed by atoms with Crippen molar-refractivity contribution in [3.8, 4) is 0 Å². The fourth-order valence-electron chi connectivity index (χ4n) is 1.84. The molecule has 1 aliphatic rings. The van der Waals surface area contributed by atoms with Crippen LogP contribution in [0.1, 0.15) is 19.8 Å². The second-order valence-corrected chi connectivity index (χ2v) is 4.70. The molecule has 1 amide bonds. The van der Waals surface area contributed by atoms with Gasteiger partial charge in [-0.3, -0.25) is 19.9 Å². The number of benzene rings is 1. The predicted molar refractivity (Wildman–Crippen MR) is 74.1 cm³/mol. The molecule has 0 spiro atoms. The second-order valence-electron chi connectivity index (χ2n) is 4.26. The predicted octanol–water partition coefficient (Wildman–Crippen LogP) is 2.28. The molecule has 0 atom stereocenters. The molecule has 1 aromatic rings. The first-order valence-corrected chi connectivity index (χ1v) is 6.36. The smallest absolute Gasteiger partial charge is 0.228 e. The molecule has 1 aliphatic heterocycles. The van der Waals surface area contributed by atoms with Gasteiger partial charge in [-0.2, -0.15) is 5.10 Å². The minimum absolute atomic E-state index is 0.0631. The van der Waals surface area contributed by atoms with Gasteiger partial charge >= 0.3 is 0 Å². The topological polar surface area (TPSA) is 61.8 Å². The van der Waals surface area contributed by atoms with Crippen LogP contribution in [0.2, 0.25) is 5.02 Å². The summed E-state index contributed by atoms with van der Waals surface area (Å²) >= 11 is 5.78. The van der Waals surface area contributed by atoms with Gasteiger partial charge in [0.1, 0.15) is 0 Å². The van der Waals surface area contributed by atoms with Crippen molar-refractivity contribution in [3.05, 3.63) is 29.3 Å². The highest BCUT2D eigenvalue weighted by Gasteiger charge is 2.27. The molecular formula is C13H14ClN3O2. The Morgan fingerprint density at radius 3 is 2.58 bits per heavy atom. The zero-order valence-corrected chi connectivity index (χ0v) is 11.3. The molecule has 0 aliphatic carbocycles. The third kappa shape index (κ3) is 3.32. The van der Waals surface area contributed by atoms with Crippen LogP contribution in [0.25, 0.3) is 0 Å². The lowest BCUT2D eigenvalue weighted by molar-refractivity contribution is -0.125. The number of hydrogen-bond acceptors (Lipinski definition) is 4. The Hall–Kier alpha value is -1.88. The van der Waals surface area contributed by atoms with Gasteiger partial charge in [0.05, 0.1) is 5.69 Å². The van der Waals surface area contributed by atoms with Crippen LogP contribution in [0.3, 0.4) is 0 Å². The Kier molecular flexibility index (Phi) is 4.16. The fourth-order valence-corrected chi connectivity index (χ4v) is 1.97. The van der Waals surface area contributed by atoms with Crippen molar-refractivity contribution in [2.75, 3.05) is 12.0 Å². The maximum absolute atomic E-state index is 11.6. The summed E-state index contributed by atoms with van der Waals surface area (Å²) in [5.41, 5.74) is 3.47. The Morgan fingerprint density at radius 2 is 2.05 bits per heavy atom. The second kappa shape index (κ2) is 5.84. The number of amidine groups is 1. The maximum Gasteiger partial charge on any atom is 0.228 e. The van der Waals surface area contributed by atoms with E-state index in [4.69, 9.17) is 11.6 Å². The van der Waals surface area contributed by atoms with Crippen LogP contribution in [-0.2, 0) is 9.59 Å². The van der Waals surface area contributed by atoms with Gasteiger partial charge in [0, 0.05) is 24.9 Å². The number of hydrogen-bond donors (Lipinski definition) is 1. The lowest BCUT2D eigenvalue weighted by Crippen LogP contribution is -2.37. The zero-order chi connectivity index (χ0) is 13.8. The van der Waals surface area contributed by atoms with E-state index in [1.165, 1.54) is 11.8 Å². The van der Waals surface area contributed by atoms with E-state index < -0.39 is 0 Å². The number of carbonyl (C=O) groups is 2. The van der Waals surface area contributed by atoms with Gasteiger partial charge < -0.3 is 0 Å². The van der Waals surface area contributed by atoms with E-state index in [-0.39, 0.29) is 17.5 Å². The molecular weight excluding hydrogens is 266 g/mol. The van der Waals surface area contributed by atoms with Crippen molar-refractivity contribution in [2.24, 2.45) is 5.10 Å². The highest BCUT2D eigenvalue weighted by molar-refractivity contribution is 6.40. The first-order valence-electron chi connectivity index (χ1n) is 5.98.